The first-order valence-electron chi connectivity index (χ1n) is 6.68. The van der Waals surface area contributed by atoms with Gasteiger partial charge in [0.25, 0.3) is 10.1 Å². The van der Waals surface area contributed by atoms with E-state index in [-0.39, 0.29) is 29.9 Å². The second-order valence-corrected chi connectivity index (χ2v) is 6.52. The first-order valence-corrected chi connectivity index (χ1v) is 8.29. The van der Waals surface area contributed by atoms with E-state index in [9.17, 15) is 18.0 Å². The molecule has 20 heavy (non-hydrogen) atoms. The van der Waals surface area contributed by atoms with Crippen molar-refractivity contribution in [3.8, 4) is 0 Å². The Morgan fingerprint density at radius 2 is 1.90 bits per heavy atom. The third-order valence-electron chi connectivity index (χ3n) is 3.08. The van der Waals surface area contributed by atoms with E-state index in [0.717, 1.165) is 0 Å². The summed E-state index contributed by atoms with van der Waals surface area (Å²) in [5.41, 5.74) is 0. The number of ether oxygens (including phenoxy) is 1. The quantitative estimate of drug-likeness (QED) is 0.377. The molecule has 1 N–H and O–H groups in total. The average Bonchev–Trinajstić information content (AvgIpc) is 2.57. The van der Waals surface area contributed by atoms with E-state index in [1.54, 1.807) is 6.92 Å². The van der Waals surface area contributed by atoms with Gasteiger partial charge in [0.05, 0.1) is 5.75 Å². The predicted octanol–water partition coefficient (Wildman–Crippen LogP) is 0.456. The molecule has 0 aromatic rings. The standard InChI is InChI=1S/C12H21NO6S/c1-10-9-11(14)13(12(10)15)5-4-7-19-6-2-3-8-20(16,17)18/h10H,2-9H2,1H3,(H,16,17,18). The van der Waals surface area contributed by atoms with Gasteiger partial charge in [0.15, 0.2) is 0 Å². The first kappa shape index (κ1) is 17.1. The van der Waals surface area contributed by atoms with Gasteiger partial charge in [0.2, 0.25) is 11.8 Å². The zero-order valence-electron chi connectivity index (χ0n) is 11.6. The van der Waals surface area contributed by atoms with Crippen molar-refractivity contribution in [2.45, 2.75) is 32.6 Å². The molecule has 0 saturated carbocycles. The molecule has 1 atom stereocenters. The van der Waals surface area contributed by atoms with Gasteiger partial charge in [0, 0.05) is 32.1 Å². The maximum absolute atomic E-state index is 11.6. The highest BCUT2D eigenvalue weighted by Crippen LogP contribution is 2.18. The SMILES string of the molecule is CC1CC(=O)N(CCCOCCCCS(=O)(=O)O)C1=O. The van der Waals surface area contributed by atoms with E-state index >= 15 is 0 Å². The molecule has 116 valence electrons. The van der Waals surface area contributed by atoms with Gasteiger partial charge in [-0.2, -0.15) is 8.42 Å². The third-order valence-corrected chi connectivity index (χ3v) is 3.89. The van der Waals surface area contributed by atoms with Crippen molar-refractivity contribution in [3.63, 3.8) is 0 Å². The Bertz CT molecular complexity index is 447. The molecule has 0 aromatic heterocycles. The normalized spacial score (nSPS) is 19.9. The summed E-state index contributed by atoms with van der Waals surface area (Å²) in [6, 6.07) is 0. The summed E-state index contributed by atoms with van der Waals surface area (Å²) in [6.07, 6.45) is 1.75. The lowest BCUT2D eigenvalue weighted by Crippen LogP contribution is -2.31. The molecule has 1 rings (SSSR count). The van der Waals surface area contributed by atoms with Gasteiger partial charge in [-0.3, -0.25) is 19.0 Å². The minimum Gasteiger partial charge on any atom is -0.381 e. The molecular weight excluding hydrogens is 286 g/mol. The van der Waals surface area contributed by atoms with Crippen LogP contribution in [0.4, 0.5) is 0 Å². The van der Waals surface area contributed by atoms with Gasteiger partial charge < -0.3 is 4.74 Å². The number of likely N-dealkylation sites (tertiary alicyclic amines) is 1. The van der Waals surface area contributed by atoms with Gasteiger partial charge in [0.1, 0.15) is 0 Å². The number of amides is 2. The van der Waals surface area contributed by atoms with Crippen molar-refractivity contribution in [2.75, 3.05) is 25.5 Å². The van der Waals surface area contributed by atoms with E-state index in [1.165, 1.54) is 4.90 Å². The lowest BCUT2D eigenvalue weighted by Gasteiger charge is -2.14. The number of unbranched alkanes of at least 4 members (excludes halogenated alkanes) is 1. The number of carbonyl (C=O) groups excluding carboxylic acids is 2. The maximum atomic E-state index is 11.6. The molecule has 1 aliphatic heterocycles. The molecule has 0 aromatic carbocycles. The molecule has 1 heterocycles. The topological polar surface area (TPSA) is 101 Å². The molecule has 1 unspecified atom stereocenters. The summed E-state index contributed by atoms with van der Waals surface area (Å²) in [6.45, 7) is 2.92. The highest BCUT2D eigenvalue weighted by atomic mass is 32.2. The number of carbonyl (C=O) groups is 2. The number of nitrogens with zero attached hydrogens (tertiary/aromatic N) is 1. The molecule has 0 aliphatic carbocycles. The Balaban J connectivity index is 2.03. The lowest BCUT2D eigenvalue weighted by atomic mass is 10.1. The van der Waals surface area contributed by atoms with Gasteiger partial charge in [-0.15, -0.1) is 0 Å². The van der Waals surface area contributed by atoms with Crippen LogP contribution in [0.1, 0.15) is 32.6 Å². The second kappa shape index (κ2) is 7.70. The second-order valence-electron chi connectivity index (χ2n) is 4.95. The number of hydrogen-bond donors (Lipinski definition) is 1. The molecule has 0 bridgehead atoms. The molecular formula is C12H21NO6S. The lowest BCUT2D eigenvalue weighted by molar-refractivity contribution is -0.139. The Morgan fingerprint density at radius 3 is 2.45 bits per heavy atom. The summed E-state index contributed by atoms with van der Waals surface area (Å²) < 4.78 is 34.7. The summed E-state index contributed by atoms with van der Waals surface area (Å²) in [7, 11) is -3.89. The molecule has 1 aliphatic rings. The largest absolute Gasteiger partial charge is 0.381 e. The smallest absolute Gasteiger partial charge is 0.264 e. The van der Waals surface area contributed by atoms with Gasteiger partial charge in [-0.05, 0) is 19.3 Å². The minimum atomic E-state index is -3.89. The van der Waals surface area contributed by atoms with Crippen LogP contribution in [0.3, 0.4) is 0 Å². The number of imide groups is 1. The monoisotopic (exact) mass is 307 g/mol. The molecule has 8 heteroatoms. The predicted molar refractivity (Wildman–Crippen MR) is 71.6 cm³/mol. The molecule has 0 radical (unpaired) electrons. The van der Waals surface area contributed by atoms with Crippen LogP contribution in [-0.4, -0.2) is 55.2 Å². The van der Waals surface area contributed by atoms with Crippen LogP contribution >= 0.6 is 0 Å². The van der Waals surface area contributed by atoms with E-state index in [0.29, 0.717) is 39.0 Å². The van der Waals surface area contributed by atoms with Crippen molar-refractivity contribution in [3.05, 3.63) is 0 Å². The molecule has 0 spiro atoms. The van der Waals surface area contributed by atoms with Crippen LogP contribution in [-0.2, 0) is 24.4 Å². The fourth-order valence-electron chi connectivity index (χ4n) is 2.00. The van der Waals surface area contributed by atoms with Crippen LogP contribution in [0.2, 0.25) is 0 Å². The van der Waals surface area contributed by atoms with Crippen molar-refractivity contribution in [2.24, 2.45) is 5.92 Å². The average molecular weight is 307 g/mol. The fraction of sp³-hybridized carbons (Fsp3) is 0.833. The minimum absolute atomic E-state index is 0.122. The van der Waals surface area contributed by atoms with E-state index in [1.807, 2.05) is 0 Å². The molecule has 1 saturated heterocycles. The first-order chi connectivity index (χ1) is 9.31. The van der Waals surface area contributed by atoms with Crippen molar-refractivity contribution in [1.82, 2.24) is 4.90 Å². The summed E-state index contributed by atoms with van der Waals surface area (Å²) in [5, 5.41) is 0. The van der Waals surface area contributed by atoms with Crippen LogP contribution in [0.25, 0.3) is 0 Å². The van der Waals surface area contributed by atoms with Crippen LogP contribution in [0.5, 0.6) is 0 Å². The van der Waals surface area contributed by atoms with Crippen molar-refractivity contribution in [1.29, 1.82) is 0 Å². The zero-order valence-corrected chi connectivity index (χ0v) is 12.4. The summed E-state index contributed by atoms with van der Waals surface area (Å²) in [5.74, 6) is -0.729. The summed E-state index contributed by atoms with van der Waals surface area (Å²) in [4.78, 5) is 24.3. The fourth-order valence-corrected chi connectivity index (χ4v) is 2.57. The zero-order chi connectivity index (χ0) is 15.2. The highest BCUT2D eigenvalue weighted by molar-refractivity contribution is 7.85. The van der Waals surface area contributed by atoms with E-state index in [4.69, 9.17) is 9.29 Å². The number of hydrogen-bond acceptors (Lipinski definition) is 5. The number of rotatable bonds is 9. The van der Waals surface area contributed by atoms with Crippen LogP contribution in [0, 0.1) is 5.92 Å². The molecule has 7 nitrogen and oxygen atoms in total. The van der Waals surface area contributed by atoms with Gasteiger partial charge >= 0.3 is 0 Å². The van der Waals surface area contributed by atoms with Gasteiger partial charge in [-0.1, -0.05) is 6.92 Å². The van der Waals surface area contributed by atoms with E-state index in [2.05, 4.69) is 0 Å². The van der Waals surface area contributed by atoms with Gasteiger partial charge in [-0.25, -0.2) is 0 Å². The van der Waals surface area contributed by atoms with Crippen molar-refractivity contribution >= 4 is 21.9 Å². The van der Waals surface area contributed by atoms with E-state index < -0.39 is 10.1 Å². The Hall–Kier alpha value is -0.990. The van der Waals surface area contributed by atoms with Crippen LogP contribution in [0.15, 0.2) is 0 Å². The Morgan fingerprint density at radius 1 is 1.25 bits per heavy atom. The molecule has 1 fully saturated rings. The third kappa shape index (κ3) is 5.98. The molecule has 2 amide bonds. The van der Waals surface area contributed by atoms with Crippen LogP contribution < -0.4 is 0 Å². The highest BCUT2D eigenvalue weighted by Gasteiger charge is 2.34. The summed E-state index contributed by atoms with van der Waals surface area (Å²) >= 11 is 0. The van der Waals surface area contributed by atoms with Crippen molar-refractivity contribution < 1.29 is 27.3 Å². The Kier molecular flexibility index (Phi) is 6.57. The maximum Gasteiger partial charge on any atom is 0.264 e. The Labute approximate surface area is 119 Å².